The van der Waals surface area contributed by atoms with Crippen molar-refractivity contribution in [1.82, 2.24) is 25.1 Å². The van der Waals surface area contributed by atoms with Crippen molar-refractivity contribution in [3.05, 3.63) is 80.4 Å². The number of nitrogens with one attached hydrogen (secondary N) is 3. The molecule has 1 aromatic carbocycles. The molecule has 0 spiro atoms. The maximum absolute atomic E-state index is 12.5. The second-order valence-corrected chi connectivity index (χ2v) is 5.55. The van der Waals surface area contributed by atoms with Gasteiger partial charge in [0.1, 0.15) is 12.4 Å². The van der Waals surface area contributed by atoms with Crippen LogP contribution in [0.4, 0.5) is 0 Å². The van der Waals surface area contributed by atoms with Gasteiger partial charge in [0, 0.05) is 19.3 Å². The third kappa shape index (κ3) is 3.89. The normalized spacial score (nSPS) is 10.5. The lowest BCUT2D eigenvalue weighted by molar-refractivity contribution is 0.0935. The molecule has 3 N–H and O–H groups in total. The fourth-order valence-corrected chi connectivity index (χ4v) is 2.38. The molecule has 2 heterocycles. The zero-order valence-electron chi connectivity index (χ0n) is 14.0. The number of rotatable bonds is 6. The SMILES string of the molecule is Cn1ccc(=O)c(OCc2ccccc2)c1C(=O)NCc1n[nH]c(=O)[nH]1. The number of hydrogen-bond acceptors (Lipinski definition) is 5. The molecule has 0 aliphatic rings. The number of hydrogen-bond donors (Lipinski definition) is 3. The van der Waals surface area contributed by atoms with E-state index in [1.165, 1.54) is 16.8 Å². The van der Waals surface area contributed by atoms with Gasteiger partial charge in [-0.05, 0) is 5.56 Å². The largest absolute Gasteiger partial charge is 0.483 e. The van der Waals surface area contributed by atoms with Crippen LogP contribution in [0.3, 0.4) is 0 Å². The number of aryl methyl sites for hydroxylation is 1. The molecule has 0 radical (unpaired) electrons. The lowest BCUT2D eigenvalue weighted by atomic mass is 10.2. The van der Waals surface area contributed by atoms with E-state index in [9.17, 15) is 14.4 Å². The van der Waals surface area contributed by atoms with E-state index < -0.39 is 17.0 Å². The van der Waals surface area contributed by atoms with Gasteiger partial charge in [-0.1, -0.05) is 30.3 Å². The van der Waals surface area contributed by atoms with Crippen molar-refractivity contribution in [2.75, 3.05) is 0 Å². The van der Waals surface area contributed by atoms with Gasteiger partial charge in [0.05, 0.1) is 6.54 Å². The predicted octanol–water partition coefficient (Wildman–Crippen LogP) is 0.306. The van der Waals surface area contributed by atoms with Gasteiger partial charge in [-0.25, -0.2) is 9.89 Å². The van der Waals surface area contributed by atoms with Crippen LogP contribution in [0.25, 0.3) is 0 Å². The summed E-state index contributed by atoms with van der Waals surface area (Å²) in [6.45, 7) is 0.159. The van der Waals surface area contributed by atoms with E-state index in [0.29, 0.717) is 0 Å². The van der Waals surface area contributed by atoms with E-state index in [1.807, 2.05) is 30.3 Å². The van der Waals surface area contributed by atoms with Gasteiger partial charge in [-0.15, -0.1) is 0 Å². The first-order valence-corrected chi connectivity index (χ1v) is 7.82. The first-order valence-electron chi connectivity index (χ1n) is 7.82. The van der Waals surface area contributed by atoms with Crippen LogP contribution < -0.4 is 21.2 Å². The molecular weight excluding hydrogens is 338 g/mol. The Morgan fingerprint density at radius 2 is 2.00 bits per heavy atom. The highest BCUT2D eigenvalue weighted by Gasteiger charge is 2.19. The first-order chi connectivity index (χ1) is 12.5. The van der Waals surface area contributed by atoms with Gasteiger partial charge in [0.15, 0.2) is 11.4 Å². The highest BCUT2D eigenvalue weighted by Crippen LogP contribution is 2.14. The van der Waals surface area contributed by atoms with E-state index in [2.05, 4.69) is 20.5 Å². The minimum absolute atomic E-state index is 0.00121. The number of carbonyl (C=O) groups excluding carboxylic acids is 1. The molecule has 0 aliphatic heterocycles. The average Bonchev–Trinajstić information content (AvgIpc) is 3.06. The molecule has 2 aromatic heterocycles. The maximum atomic E-state index is 12.5. The number of aromatic nitrogens is 4. The molecule has 9 heteroatoms. The number of ether oxygens (including phenoxy) is 1. The summed E-state index contributed by atoms with van der Waals surface area (Å²) in [5, 5.41) is 8.53. The van der Waals surface area contributed by atoms with Gasteiger partial charge in [-0.3, -0.25) is 14.6 Å². The minimum Gasteiger partial charge on any atom is -0.483 e. The van der Waals surface area contributed by atoms with E-state index in [0.717, 1.165) is 5.56 Å². The van der Waals surface area contributed by atoms with Gasteiger partial charge >= 0.3 is 5.69 Å². The third-order valence-electron chi connectivity index (χ3n) is 3.65. The molecule has 9 nitrogen and oxygen atoms in total. The van der Waals surface area contributed by atoms with Crippen molar-refractivity contribution in [1.29, 1.82) is 0 Å². The van der Waals surface area contributed by atoms with Crippen LogP contribution in [0, 0.1) is 0 Å². The van der Waals surface area contributed by atoms with Crippen LogP contribution in [-0.4, -0.2) is 25.7 Å². The molecule has 0 bridgehead atoms. The molecular formula is C17H17N5O4. The Bertz CT molecular complexity index is 1020. The number of pyridine rings is 1. The average molecular weight is 355 g/mol. The molecule has 3 aromatic rings. The summed E-state index contributed by atoms with van der Waals surface area (Å²) in [4.78, 5) is 38.2. The van der Waals surface area contributed by atoms with Crippen molar-refractivity contribution < 1.29 is 9.53 Å². The smallest absolute Gasteiger partial charge is 0.340 e. The number of H-pyrrole nitrogens is 2. The monoisotopic (exact) mass is 355 g/mol. The number of benzene rings is 1. The van der Waals surface area contributed by atoms with Gasteiger partial charge in [0.2, 0.25) is 5.43 Å². The highest BCUT2D eigenvalue weighted by molar-refractivity contribution is 5.95. The molecule has 0 fully saturated rings. The zero-order valence-corrected chi connectivity index (χ0v) is 14.0. The molecule has 26 heavy (non-hydrogen) atoms. The summed E-state index contributed by atoms with van der Waals surface area (Å²) in [6.07, 6.45) is 1.49. The Balaban J connectivity index is 1.80. The van der Waals surface area contributed by atoms with Crippen molar-refractivity contribution in [3.63, 3.8) is 0 Å². The maximum Gasteiger partial charge on any atom is 0.340 e. The molecule has 3 rings (SSSR count). The Morgan fingerprint density at radius 3 is 2.69 bits per heavy atom. The summed E-state index contributed by atoms with van der Waals surface area (Å²) >= 11 is 0. The fourth-order valence-electron chi connectivity index (χ4n) is 2.38. The van der Waals surface area contributed by atoms with Gasteiger partial charge < -0.3 is 14.6 Å². The lowest BCUT2D eigenvalue weighted by Gasteiger charge is -2.14. The topological polar surface area (TPSA) is 122 Å². The quantitative estimate of drug-likeness (QED) is 0.587. The van der Waals surface area contributed by atoms with Crippen molar-refractivity contribution >= 4 is 5.91 Å². The number of aromatic amines is 2. The minimum atomic E-state index is -0.517. The zero-order chi connectivity index (χ0) is 18.5. The van der Waals surface area contributed by atoms with Crippen molar-refractivity contribution in [2.24, 2.45) is 7.05 Å². The summed E-state index contributed by atoms with van der Waals surface area (Å²) in [5.41, 5.74) is 0.107. The van der Waals surface area contributed by atoms with E-state index >= 15 is 0 Å². The Labute approximate surface area is 147 Å². The summed E-state index contributed by atoms with van der Waals surface area (Å²) in [6, 6.07) is 10.7. The fraction of sp³-hybridized carbons (Fsp3) is 0.176. The lowest BCUT2D eigenvalue weighted by Crippen LogP contribution is -2.29. The summed E-state index contributed by atoms with van der Waals surface area (Å²) < 4.78 is 7.14. The molecule has 1 amide bonds. The standard InChI is InChI=1S/C17H17N5O4/c1-22-8-7-12(23)15(26-10-11-5-3-2-4-6-11)14(22)16(24)18-9-13-19-17(25)21-20-13/h2-8H,9-10H2,1H3,(H,18,24)(H2,19,20,21,25). The van der Waals surface area contributed by atoms with E-state index in [-0.39, 0.29) is 30.4 Å². The molecule has 0 saturated heterocycles. The van der Waals surface area contributed by atoms with Crippen molar-refractivity contribution in [3.8, 4) is 5.75 Å². The van der Waals surface area contributed by atoms with Crippen LogP contribution in [-0.2, 0) is 20.2 Å². The van der Waals surface area contributed by atoms with Crippen LogP contribution in [0.1, 0.15) is 21.9 Å². The highest BCUT2D eigenvalue weighted by atomic mass is 16.5. The van der Waals surface area contributed by atoms with E-state index in [4.69, 9.17) is 4.74 Å². The summed E-state index contributed by atoms with van der Waals surface area (Å²) in [7, 11) is 1.64. The molecule has 134 valence electrons. The molecule has 0 saturated carbocycles. The van der Waals surface area contributed by atoms with Crippen LogP contribution in [0.15, 0.2) is 52.2 Å². The van der Waals surface area contributed by atoms with Crippen LogP contribution >= 0.6 is 0 Å². The second-order valence-electron chi connectivity index (χ2n) is 5.55. The predicted molar refractivity (Wildman–Crippen MR) is 92.8 cm³/mol. The second kappa shape index (κ2) is 7.51. The van der Waals surface area contributed by atoms with Crippen molar-refractivity contribution in [2.45, 2.75) is 13.2 Å². The molecule has 0 unspecified atom stereocenters. The summed E-state index contributed by atoms with van der Waals surface area (Å²) in [5.74, 6) is -0.278. The first kappa shape index (κ1) is 17.2. The van der Waals surface area contributed by atoms with Gasteiger partial charge in [0.25, 0.3) is 5.91 Å². The van der Waals surface area contributed by atoms with Crippen LogP contribution in [0.2, 0.25) is 0 Å². The molecule has 0 aliphatic carbocycles. The Hall–Kier alpha value is -3.62. The van der Waals surface area contributed by atoms with Gasteiger partial charge in [-0.2, -0.15) is 5.10 Å². The Morgan fingerprint density at radius 1 is 1.23 bits per heavy atom. The van der Waals surface area contributed by atoms with E-state index in [1.54, 1.807) is 7.05 Å². The van der Waals surface area contributed by atoms with Crippen LogP contribution in [0.5, 0.6) is 5.75 Å². The third-order valence-corrected chi connectivity index (χ3v) is 3.65. The number of nitrogens with zero attached hydrogens (tertiary/aromatic N) is 2. The Kier molecular flexibility index (Phi) is 4.97. The number of carbonyl (C=O) groups is 1. The molecule has 0 atom stereocenters. The number of amides is 1.